The van der Waals surface area contributed by atoms with Crippen molar-refractivity contribution < 1.29 is 4.92 Å². The molecule has 3 aromatic rings. The van der Waals surface area contributed by atoms with Gasteiger partial charge in [0.1, 0.15) is 6.33 Å². The number of aromatic amines is 1. The highest BCUT2D eigenvalue weighted by atomic mass is 16.6. The highest BCUT2D eigenvalue weighted by Crippen LogP contribution is 2.39. The largest absolute Gasteiger partial charge is 0.357 e. The van der Waals surface area contributed by atoms with Crippen LogP contribution in [0.3, 0.4) is 0 Å². The molecule has 5 rings (SSSR count). The van der Waals surface area contributed by atoms with Gasteiger partial charge in [0.15, 0.2) is 0 Å². The molecule has 1 N–H and O–H groups in total. The first-order valence-electron chi connectivity index (χ1n) is 10.9. The third kappa shape index (κ3) is 3.41. The van der Waals surface area contributed by atoms with Gasteiger partial charge in [-0.3, -0.25) is 10.1 Å². The van der Waals surface area contributed by atoms with E-state index in [1.807, 2.05) is 21.9 Å². The maximum Gasteiger partial charge on any atom is 0.353 e. The van der Waals surface area contributed by atoms with Crippen molar-refractivity contribution in [1.82, 2.24) is 15.0 Å². The van der Waals surface area contributed by atoms with Crippen molar-refractivity contribution in [3.05, 3.63) is 64.6 Å². The molecule has 31 heavy (non-hydrogen) atoms. The molecule has 0 amide bonds. The number of hydrogen-bond acceptors (Lipinski definition) is 6. The van der Waals surface area contributed by atoms with Gasteiger partial charge >= 0.3 is 5.69 Å². The molecule has 2 aromatic heterocycles. The number of aromatic nitrogens is 3. The molecule has 2 aliphatic rings. The van der Waals surface area contributed by atoms with Crippen molar-refractivity contribution >= 4 is 28.2 Å². The van der Waals surface area contributed by atoms with Crippen LogP contribution in [0.5, 0.6) is 0 Å². The lowest BCUT2D eigenvalue weighted by atomic mass is 10.0. The van der Waals surface area contributed by atoms with Crippen LogP contribution >= 0.6 is 0 Å². The van der Waals surface area contributed by atoms with E-state index in [1.165, 1.54) is 17.3 Å². The van der Waals surface area contributed by atoms with Crippen LogP contribution in [0.4, 0.5) is 17.3 Å². The SMILES string of the molecule is C=CCN(c1ncnc(N2CCc3c([nH]c4ccccc34)C2)c1[N+](=O)[O-])C1CCCC1. The van der Waals surface area contributed by atoms with Gasteiger partial charge in [-0.15, -0.1) is 6.58 Å². The van der Waals surface area contributed by atoms with E-state index in [4.69, 9.17) is 0 Å². The summed E-state index contributed by atoms with van der Waals surface area (Å²) in [5, 5.41) is 13.5. The molecule has 8 nitrogen and oxygen atoms in total. The molecule has 1 aliphatic carbocycles. The van der Waals surface area contributed by atoms with Crippen molar-refractivity contribution in [3.63, 3.8) is 0 Å². The van der Waals surface area contributed by atoms with Crippen molar-refractivity contribution in [2.24, 2.45) is 0 Å². The van der Waals surface area contributed by atoms with Gasteiger partial charge in [-0.05, 0) is 30.9 Å². The van der Waals surface area contributed by atoms with E-state index in [-0.39, 0.29) is 16.7 Å². The Morgan fingerprint density at radius 1 is 1.29 bits per heavy atom. The minimum atomic E-state index is -0.323. The molecule has 1 fully saturated rings. The number of nitro groups is 1. The third-order valence-electron chi connectivity index (χ3n) is 6.51. The van der Waals surface area contributed by atoms with Crippen LogP contribution in [0.1, 0.15) is 36.9 Å². The molecule has 1 saturated carbocycles. The molecule has 0 saturated heterocycles. The van der Waals surface area contributed by atoms with Gasteiger partial charge in [0.25, 0.3) is 0 Å². The van der Waals surface area contributed by atoms with Crippen molar-refractivity contribution in [2.45, 2.75) is 44.7 Å². The van der Waals surface area contributed by atoms with Crippen LogP contribution in [0.15, 0.2) is 43.2 Å². The Labute approximate surface area is 180 Å². The minimum Gasteiger partial charge on any atom is -0.357 e. The summed E-state index contributed by atoms with van der Waals surface area (Å²) in [6, 6.07) is 8.50. The van der Waals surface area contributed by atoms with Crippen LogP contribution in [-0.2, 0) is 13.0 Å². The van der Waals surface area contributed by atoms with Gasteiger partial charge in [0.2, 0.25) is 11.6 Å². The van der Waals surface area contributed by atoms with E-state index in [0.29, 0.717) is 31.3 Å². The zero-order chi connectivity index (χ0) is 21.4. The van der Waals surface area contributed by atoms with E-state index >= 15 is 0 Å². The molecule has 160 valence electrons. The molecule has 1 aromatic carbocycles. The van der Waals surface area contributed by atoms with Crippen LogP contribution in [0.2, 0.25) is 0 Å². The quantitative estimate of drug-likeness (QED) is 0.363. The summed E-state index contributed by atoms with van der Waals surface area (Å²) in [5.74, 6) is 0.801. The second-order valence-electron chi connectivity index (χ2n) is 8.31. The number of H-pyrrole nitrogens is 1. The number of fused-ring (bicyclic) bond motifs is 3. The van der Waals surface area contributed by atoms with Crippen molar-refractivity contribution in [2.75, 3.05) is 22.9 Å². The molecule has 0 radical (unpaired) electrons. The topological polar surface area (TPSA) is 91.2 Å². The minimum absolute atomic E-state index is 0.00388. The van der Waals surface area contributed by atoms with Gasteiger partial charge in [-0.1, -0.05) is 37.1 Å². The van der Waals surface area contributed by atoms with Crippen LogP contribution < -0.4 is 9.80 Å². The number of nitrogens with zero attached hydrogens (tertiary/aromatic N) is 5. The molecule has 8 heteroatoms. The first-order chi connectivity index (χ1) is 15.2. The standard InChI is InChI=1S/C23H26N6O2/c1-2-12-28(16-7-3-4-8-16)23-21(29(30)31)22(24-15-25-23)27-13-11-18-17-9-5-6-10-19(17)26-20(18)14-27/h2,5-6,9-10,15-16,26H,1,3-4,7-8,11-14H2. The summed E-state index contributed by atoms with van der Waals surface area (Å²) in [7, 11) is 0. The number of benzene rings is 1. The predicted molar refractivity (Wildman–Crippen MR) is 122 cm³/mol. The Balaban J connectivity index is 1.54. The summed E-state index contributed by atoms with van der Waals surface area (Å²) in [4.78, 5) is 28.2. The van der Waals surface area contributed by atoms with E-state index in [9.17, 15) is 10.1 Å². The molecule has 1 aliphatic heterocycles. The third-order valence-corrected chi connectivity index (χ3v) is 6.51. The first kappa shape index (κ1) is 19.5. The monoisotopic (exact) mass is 418 g/mol. The smallest absolute Gasteiger partial charge is 0.353 e. The van der Waals surface area contributed by atoms with Crippen LogP contribution in [-0.4, -0.2) is 39.0 Å². The highest BCUT2D eigenvalue weighted by Gasteiger charge is 2.34. The molecule has 0 unspecified atom stereocenters. The lowest BCUT2D eigenvalue weighted by Crippen LogP contribution is -2.36. The van der Waals surface area contributed by atoms with Crippen LogP contribution in [0.25, 0.3) is 10.9 Å². The Morgan fingerprint density at radius 3 is 2.87 bits per heavy atom. The van der Waals surface area contributed by atoms with Crippen molar-refractivity contribution in [1.29, 1.82) is 0 Å². The van der Waals surface area contributed by atoms with E-state index in [2.05, 4.69) is 33.7 Å². The fourth-order valence-electron chi connectivity index (χ4n) is 5.10. The number of rotatable bonds is 6. The normalized spacial score (nSPS) is 16.5. The molecule has 0 bridgehead atoms. The predicted octanol–water partition coefficient (Wildman–Crippen LogP) is 4.36. The maximum atomic E-state index is 12.2. The maximum absolute atomic E-state index is 12.2. The second kappa shape index (κ2) is 8.02. The van der Waals surface area contributed by atoms with E-state index in [1.54, 1.807) is 6.08 Å². The lowest BCUT2D eigenvalue weighted by molar-refractivity contribution is -0.383. The molecular formula is C23H26N6O2. The summed E-state index contributed by atoms with van der Waals surface area (Å²) in [5.41, 5.74) is 3.49. The number of anilines is 2. The zero-order valence-electron chi connectivity index (χ0n) is 17.5. The second-order valence-corrected chi connectivity index (χ2v) is 8.31. The van der Waals surface area contributed by atoms with Gasteiger partial charge in [-0.25, -0.2) is 9.97 Å². The fraction of sp³-hybridized carbons (Fsp3) is 0.391. The molecule has 0 atom stereocenters. The number of para-hydroxylation sites is 1. The van der Waals surface area contributed by atoms with Gasteiger partial charge < -0.3 is 14.8 Å². The first-order valence-corrected chi connectivity index (χ1v) is 10.9. The average molecular weight is 419 g/mol. The lowest BCUT2D eigenvalue weighted by Gasteiger charge is -2.31. The van der Waals surface area contributed by atoms with E-state index in [0.717, 1.165) is 43.3 Å². The summed E-state index contributed by atoms with van der Waals surface area (Å²) >= 11 is 0. The Kier molecular flexibility index (Phi) is 5.05. The molecule has 0 spiro atoms. The Morgan fingerprint density at radius 2 is 2.10 bits per heavy atom. The fourth-order valence-corrected chi connectivity index (χ4v) is 5.10. The summed E-state index contributed by atoms with van der Waals surface area (Å²) in [6.07, 6.45) is 8.39. The molecule has 3 heterocycles. The van der Waals surface area contributed by atoms with E-state index < -0.39 is 0 Å². The van der Waals surface area contributed by atoms with Gasteiger partial charge in [-0.2, -0.15) is 0 Å². The van der Waals surface area contributed by atoms with Gasteiger partial charge in [0, 0.05) is 35.7 Å². The summed E-state index contributed by atoms with van der Waals surface area (Å²) < 4.78 is 0. The van der Waals surface area contributed by atoms with Crippen LogP contribution in [0, 0.1) is 10.1 Å². The zero-order valence-corrected chi connectivity index (χ0v) is 17.5. The summed E-state index contributed by atoms with van der Waals surface area (Å²) in [6.45, 7) is 5.64. The number of hydrogen-bond donors (Lipinski definition) is 1. The number of nitrogens with one attached hydrogen (secondary N) is 1. The highest BCUT2D eigenvalue weighted by molar-refractivity contribution is 5.85. The molecular weight excluding hydrogens is 392 g/mol. The van der Waals surface area contributed by atoms with Crippen molar-refractivity contribution in [3.8, 4) is 0 Å². The van der Waals surface area contributed by atoms with Gasteiger partial charge in [0.05, 0.1) is 11.5 Å². The Bertz CT molecular complexity index is 1130. The average Bonchev–Trinajstić information content (AvgIpc) is 3.44. The Hall–Kier alpha value is -3.42.